The van der Waals surface area contributed by atoms with Crippen LogP contribution in [0.25, 0.3) is 10.4 Å². The van der Waals surface area contributed by atoms with Crippen LogP contribution in [0.5, 0.6) is 0 Å². The van der Waals surface area contributed by atoms with Crippen molar-refractivity contribution in [2.45, 2.75) is 31.9 Å². The van der Waals surface area contributed by atoms with Gasteiger partial charge in [0.25, 0.3) is 0 Å². The normalized spacial score (nSPS) is 22.3. The molecule has 0 spiro atoms. The van der Waals surface area contributed by atoms with E-state index in [2.05, 4.69) is 10.0 Å². The first-order valence-corrected chi connectivity index (χ1v) is 5.03. The number of rotatable bonds is 3. The van der Waals surface area contributed by atoms with E-state index >= 15 is 0 Å². The first kappa shape index (κ1) is 10.1. The molecule has 0 aliphatic carbocycles. The number of hydrogen-bond acceptors (Lipinski definition) is 3. The van der Waals surface area contributed by atoms with Gasteiger partial charge in [0.2, 0.25) is 0 Å². The largest absolute Gasteiger partial charge is 0.466 e. The molecule has 1 aliphatic heterocycles. The van der Waals surface area contributed by atoms with Crippen molar-refractivity contribution < 1.29 is 9.15 Å². The second-order valence-corrected chi connectivity index (χ2v) is 3.65. The van der Waals surface area contributed by atoms with Gasteiger partial charge in [-0.25, -0.2) is 0 Å². The zero-order chi connectivity index (χ0) is 10.7. The maximum absolute atomic E-state index is 8.53. The Kier molecular flexibility index (Phi) is 2.94. The Morgan fingerprint density at radius 2 is 2.47 bits per heavy atom. The molecule has 0 unspecified atom stereocenters. The Balaban J connectivity index is 2.22. The fourth-order valence-electron chi connectivity index (χ4n) is 1.83. The average Bonchev–Trinajstić information content (AvgIpc) is 2.85. The molecule has 1 aliphatic rings. The number of nitrogens with zero attached hydrogens (tertiary/aromatic N) is 3. The summed E-state index contributed by atoms with van der Waals surface area (Å²) in [5.74, 6) is 1.51. The first-order valence-electron chi connectivity index (χ1n) is 5.03. The van der Waals surface area contributed by atoms with Crippen molar-refractivity contribution in [1.82, 2.24) is 0 Å². The van der Waals surface area contributed by atoms with Crippen LogP contribution in [0.1, 0.15) is 30.4 Å². The Morgan fingerprint density at radius 1 is 1.60 bits per heavy atom. The molecule has 1 saturated heterocycles. The van der Waals surface area contributed by atoms with Gasteiger partial charge in [-0.15, -0.1) is 0 Å². The highest BCUT2D eigenvalue weighted by Crippen LogP contribution is 2.31. The van der Waals surface area contributed by atoms with E-state index in [1.807, 2.05) is 19.1 Å². The van der Waals surface area contributed by atoms with Crippen molar-refractivity contribution in [3.8, 4) is 0 Å². The van der Waals surface area contributed by atoms with E-state index in [1.165, 1.54) is 0 Å². The summed E-state index contributed by atoms with van der Waals surface area (Å²) in [5, 5.41) is 3.75. The molecule has 1 aromatic rings. The van der Waals surface area contributed by atoms with Crippen LogP contribution < -0.4 is 0 Å². The molecule has 5 heteroatoms. The van der Waals surface area contributed by atoms with E-state index in [-0.39, 0.29) is 12.1 Å². The van der Waals surface area contributed by atoms with Gasteiger partial charge < -0.3 is 9.15 Å². The Hall–Kier alpha value is -1.45. The molecule has 0 bridgehead atoms. The summed E-state index contributed by atoms with van der Waals surface area (Å²) < 4.78 is 11.0. The highest BCUT2D eigenvalue weighted by atomic mass is 16.5. The van der Waals surface area contributed by atoms with Gasteiger partial charge in [0, 0.05) is 11.5 Å². The second kappa shape index (κ2) is 4.38. The van der Waals surface area contributed by atoms with Crippen LogP contribution in [0, 0.1) is 6.92 Å². The van der Waals surface area contributed by atoms with E-state index in [1.54, 1.807) is 0 Å². The van der Waals surface area contributed by atoms with Crippen LogP contribution in [-0.2, 0) is 4.74 Å². The molecule has 2 rings (SSSR count). The summed E-state index contributed by atoms with van der Waals surface area (Å²) in [6.07, 6.45) is 1.90. The average molecular weight is 207 g/mol. The highest BCUT2D eigenvalue weighted by Gasteiger charge is 2.28. The van der Waals surface area contributed by atoms with Crippen LogP contribution in [-0.4, -0.2) is 12.7 Å². The lowest BCUT2D eigenvalue weighted by atomic mass is 10.1. The van der Waals surface area contributed by atoms with Gasteiger partial charge >= 0.3 is 0 Å². The van der Waals surface area contributed by atoms with Crippen molar-refractivity contribution in [1.29, 1.82) is 0 Å². The molecule has 0 N–H and O–H groups in total. The van der Waals surface area contributed by atoms with Crippen molar-refractivity contribution in [3.05, 3.63) is 34.1 Å². The summed E-state index contributed by atoms with van der Waals surface area (Å²) in [4.78, 5) is 2.85. The molecule has 0 aromatic carbocycles. The third-order valence-electron chi connectivity index (χ3n) is 2.55. The van der Waals surface area contributed by atoms with Crippen LogP contribution in [0.15, 0.2) is 21.7 Å². The number of furan rings is 1. The zero-order valence-corrected chi connectivity index (χ0v) is 8.59. The zero-order valence-electron chi connectivity index (χ0n) is 8.59. The predicted molar refractivity (Wildman–Crippen MR) is 54.3 cm³/mol. The maximum atomic E-state index is 8.53. The van der Waals surface area contributed by atoms with E-state index in [4.69, 9.17) is 14.7 Å². The SMILES string of the molecule is Cc1ccc([C@H](N=[N+]=[N-])[C@H]2CCCO2)o1. The number of aryl methyl sites for hydroxylation is 1. The second-order valence-electron chi connectivity index (χ2n) is 3.65. The van der Waals surface area contributed by atoms with Gasteiger partial charge in [-0.2, -0.15) is 0 Å². The lowest BCUT2D eigenvalue weighted by Gasteiger charge is -2.15. The molecule has 2 heterocycles. The summed E-state index contributed by atoms with van der Waals surface area (Å²) in [6.45, 7) is 2.61. The lowest BCUT2D eigenvalue weighted by molar-refractivity contribution is 0.0837. The predicted octanol–water partition coefficient (Wildman–Crippen LogP) is 3.12. The van der Waals surface area contributed by atoms with Crippen LogP contribution in [0.4, 0.5) is 0 Å². The summed E-state index contributed by atoms with van der Waals surface area (Å²) >= 11 is 0. The summed E-state index contributed by atoms with van der Waals surface area (Å²) in [6, 6.07) is 3.38. The topological polar surface area (TPSA) is 71.1 Å². The third kappa shape index (κ3) is 2.14. The Morgan fingerprint density at radius 3 is 3.00 bits per heavy atom. The van der Waals surface area contributed by atoms with E-state index < -0.39 is 0 Å². The van der Waals surface area contributed by atoms with Crippen molar-refractivity contribution >= 4 is 0 Å². The quantitative estimate of drug-likeness (QED) is 0.434. The smallest absolute Gasteiger partial charge is 0.122 e. The van der Waals surface area contributed by atoms with Gasteiger partial charge in [0.1, 0.15) is 17.6 Å². The minimum Gasteiger partial charge on any atom is -0.466 e. The standard InChI is InChI=1S/C10H13N3O2/c1-7-4-5-9(15-7)10(12-13-11)8-3-2-6-14-8/h4-5,8,10H,2-3,6H2,1H3/t8-,10-/m1/s1. The molecule has 0 radical (unpaired) electrons. The molecule has 1 aromatic heterocycles. The van der Waals surface area contributed by atoms with Gasteiger partial charge in [0.05, 0.1) is 6.10 Å². The van der Waals surface area contributed by atoms with E-state index in [9.17, 15) is 0 Å². The van der Waals surface area contributed by atoms with E-state index in [0.29, 0.717) is 5.76 Å². The molecular weight excluding hydrogens is 194 g/mol. The molecule has 2 atom stereocenters. The van der Waals surface area contributed by atoms with Crippen LogP contribution in [0.3, 0.4) is 0 Å². The highest BCUT2D eigenvalue weighted by molar-refractivity contribution is 5.11. The fraction of sp³-hybridized carbons (Fsp3) is 0.600. The molecule has 1 fully saturated rings. The van der Waals surface area contributed by atoms with Crippen molar-refractivity contribution in [3.63, 3.8) is 0 Å². The molecule has 0 saturated carbocycles. The summed E-state index contributed by atoms with van der Waals surface area (Å²) in [5.41, 5.74) is 8.53. The summed E-state index contributed by atoms with van der Waals surface area (Å²) in [7, 11) is 0. The number of hydrogen-bond donors (Lipinski definition) is 0. The van der Waals surface area contributed by atoms with Crippen molar-refractivity contribution in [2.75, 3.05) is 6.61 Å². The monoisotopic (exact) mass is 207 g/mol. The molecule has 5 nitrogen and oxygen atoms in total. The molecule has 0 amide bonds. The van der Waals surface area contributed by atoms with Gasteiger partial charge in [-0.05, 0) is 37.4 Å². The van der Waals surface area contributed by atoms with Gasteiger partial charge in [-0.3, -0.25) is 0 Å². The number of azide groups is 1. The minimum atomic E-state index is -0.328. The Bertz CT molecular complexity index is 376. The fourth-order valence-corrected chi connectivity index (χ4v) is 1.83. The molecule has 15 heavy (non-hydrogen) atoms. The molecular formula is C10H13N3O2. The first-order chi connectivity index (χ1) is 7.31. The van der Waals surface area contributed by atoms with Crippen LogP contribution in [0.2, 0.25) is 0 Å². The van der Waals surface area contributed by atoms with Crippen molar-refractivity contribution in [2.24, 2.45) is 5.11 Å². The van der Waals surface area contributed by atoms with Crippen LogP contribution >= 0.6 is 0 Å². The minimum absolute atomic E-state index is 0.0357. The third-order valence-corrected chi connectivity index (χ3v) is 2.55. The maximum Gasteiger partial charge on any atom is 0.122 e. The lowest BCUT2D eigenvalue weighted by Crippen LogP contribution is -2.14. The Labute approximate surface area is 87.7 Å². The van der Waals surface area contributed by atoms with Gasteiger partial charge in [-0.1, -0.05) is 5.11 Å². The molecule has 80 valence electrons. The van der Waals surface area contributed by atoms with E-state index in [0.717, 1.165) is 25.2 Å². The number of ether oxygens (including phenoxy) is 1. The van der Waals surface area contributed by atoms with Gasteiger partial charge in [0.15, 0.2) is 0 Å².